The maximum Gasteiger partial charge on any atom is 0.339 e. The Hall–Kier alpha value is -4.62. The van der Waals surface area contributed by atoms with Crippen LogP contribution in [0.2, 0.25) is 0 Å². The summed E-state index contributed by atoms with van der Waals surface area (Å²) in [5.74, 6) is 0.873. The van der Waals surface area contributed by atoms with Gasteiger partial charge in [-0.15, -0.1) is 0 Å². The molecule has 0 radical (unpaired) electrons. The predicted octanol–water partition coefficient (Wildman–Crippen LogP) is 4.57. The molecule has 2 heterocycles. The Morgan fingerprint density at radius 3 is 2.80 bits per heavy atom. The minimum Gasteiger partial charge on any atom is -0.457 e. The Kier molecular flexibility index (Phi) is 5.10. The molecule has 30 heavy (non-hydrogen) atoms. The van der Waals surface area contributed by atoms with Crippen molar-refractivity contribution in [2.45, 2.75) is 0 Å². The SMILES string of the molecule is N#CCOC(=O)c1cccc(-c2ccc(C=C(C#N)c3nc4ccccc4[nH]3)o2)c1. The summed E-state index contributed by atoms with van der Waals surface area (Å²) in [6.45, 7) is -0.308. The molecule has 0 aliphatic carbocycles. The maximum atomic E-state index is 11.9. The molecule has 0 fully saturated rings. The summed E-state index contributed by atoms with van der Waals surface area (Å²) in [6, 6.07) is 21.6. The largest absolute Gasteiger partial charge is 0.457 e. The quantitative estimate of drug-likeness (QED) is 0.392. The van der Waals surface area contributed by atoms with Crippen molar-refractivity contribution >= 4 is 28.7 Å². The molecule has 144 valence electrons. The van der Waals surface area contributed by atoms with Crippen LogP contribution in [0.25, 0.3) is 34.0 Å². The molecular formula is C23H14N4O3. The first kappa shape index (κ1) is 18.7. The molecule has 0 aliphatic rings. The number of nitriles is 2. The Morgan fingerprint density at radius 1 is 1.13 bits per heavy atom. The lowest BCUT2D eigenvalue weighted by molar-refractivity contribution is 0.0555. The minimum atomic E-state index is -0.582. The highest BCUT2D eigenvalue weighted by Crippen LogP contribution is 2.26. The molecule has 0 saturated heterocycles. The number of esters is 1. The van der Waals surface area contributed by atoms with Crippen LogP contribution in [0.5, 0.6) is 0 Å². The second-order valence-corrected chi connectivity index (χ2v) is 6.29. The number of imidazole rings is 1. The summed E-state index contributed by atoms with van der Waals surface area (Å²) in [5, 5.41) is 18.1. The number of H-pyrrole nitrogens is 1. The fraction of sp³-hybridized carbons (Fsp3) is 0.0435. The van der Waals surface area contributed by atoms with Crippen LogP contribution in [-0.2, 0) is 4.74 Å². The number of fused-ring (bicyclic) bond motifs is 1. The highest BCUT2D eigenvalue weighted by molar-refractivity contribution is 5.91. The molecule has 4 rings (SSSR count). The van der Waals surface area contributed by atoms with Crippen molar-refractivity contribution in [1.82, 2.24) is 9.97 Å². The highest BCUT2D eigenvalue weighted by Gasteiger charge is 2.12. The van der Waals surface area contributed by atoms with Gasteiger partial charge in [0.2, 0.25) is 0 Å². The van der Waals surface area contributed by atoms with Gasteiger partial charge >= 0.3 is 5.97 Å². The van der Waals surface area contributed by atoms with Gasteiger partial charge in [-0.2, -0.15) is 10.5 Å². The zero-order chi connectivity index (χ0) is 20.9. The van der Waals surface area contributed by atoms with E-state index in [1.165, 1.54) is 0 Å². The number of carbonyl (C=O) groups is 1. The van der Waals surface area contributed by atoms with Crippen molar-refractivity contribution in [3.63, 3.8) is 0 Å². The molecule has 0 amide bonds. The standard InChI is InChI=1S/C23H14N4O3/c24-10-11-29-23(28)16-5-3-4-15(12-16)21-9-8-18(30-21)13-17(14-25)22-26-19-6-1-2-7-20(19)27-22/h1-9,12-13H,11H2,(H,26,27). The van der Waals surface area contributed by atoms with Crippen LogP contribution in [0.15, 0.2) is 65.1 Å². The third-order valence-electron chi connectivity index (χ3n) is 4.33. The first-order valence-electron chi connectivity index (χ1n) is 8.99. The fourth-order valence-electron chi connectivity index (χ4n) is 2.94. The smallest absolute Gasteiger partial charge is 0.339 e. The van der Waals surface area contributed by atoms with Gasteiger partial charge in [-0.25, -0.2) is 9.78 Å². The number of carbonyl (C=O) groups excluding carboxylic acids is 1. The fourth-order valence-corrected chi connectivity index (χ4v) is 2.94. The number of rotatable bonds is 5. The second-order valence-electron chi connectivity index (χ2n) is 6.29. The monoisotopic (exact) mass is 394 g/mol. The van der Waals surface area contributed by atoms with Gasteiger partial charge in [0.15, 0.2) is 6.61 Å². The van der Waals surface area contributed by atoms with Gasteiger partial charge in [0.25, 0.3) is 0 Å². The van der Waals surface area contributed by atoms with Crippen molar-refractivity contribution in [2.75, 3.05) is 6.61 Å². The number of hydrogen-bond donors (Lipinski definition) is 1. The number of aromatic amines is 1. The number of furan rings is 1. The number of ether oxygens (including phenoxy) is 1. The number of aromatic nitrogens is 2. The zero-order valence-corrected chi connectivity index (χ0v) is 15.6. The molecule has 0 aliphatic heterocycles. The van der Waals surface area contributed by atoms with Crippen LogP contribution in [0.1, 0.15) is 21.9 Å². The van der Waals surface area contributed by atoms with Crippen LogP contribution in [0, 0.1) is 22.7 Å². The summed E-state index contributed by atoms with van der Waals surface area (Å²) in [6.07, 6.45) is 1.60. The van der Waals surface area contributed by atoms with Gasteiger partial charge in [0, 0.05) is 11.6 Å². The molecular weight excluding hydrogens is 380 g/mol. The van der Waals surface area contributed by atoms with E-state index in [1.54, 1.807) is 48.5 Å². The molecule has 0 atom stereocenters. The summed E-state index contributed by atoms with van der Waals surface area (Å²) >= 11 is 0. The van der Waals surface area contributed by atoms with Crippen molar-refractivity contribution < 1.29 is 13.9 Å². The van der Waals surface area contributed by atoms with Crippen molar-refractivity contribution in [1.29, 1.82) is 10.5 Å². The van der Waals surface area contributed by atoms with Crippen LogP contribution in [0.3, 0.4) is 0 Å². The number of benzene rings is 2. The molecule has 7 heteroatoms. The van der Waals surface area contributed by atoms with E-state index in [2.05, 4.69) is 16.0 Å². The Labute approximate surface area is 171 Å². The van der Waals surface area contributed by atoms with Crippen LogP contribution in [-0.4, -0.2) is 22.5 Å². The topological polar surface area (TPSA) is 116 Å². The van der Waals surface area contributed by atoms with E-state index < -0.39 is 5.97 Å². The van der Waals surface area contributed by atoms with E-state index in [0.717, 1.165) is 11.0 Å². The third kappa shape index (κ3) is 3.82. The van der Waals surface area contributed by atoms with Gasteiger partial charge in [-0.1, -0.05) is 24.3 Å². The Morgan fingerprint density at radius 2 is 2.00 bits per heavy atom. The van der Waals surface area contributed by atoms with Gasteiger partial charge in [0.1, 0.15) is 29.5 Å². The number of allylic oxidation sites excluding steroid dienone is 1. The lowest BCUT2D eigenvalue weighted by Crippen LogP contribution is -2.05. The first-order valence-corrected chi connectivity index (χ1v) is 8.99. The molecule has 4 aromatic rings. The van der Waals surface area contributed by atoms with E-state index in [-0.39, 0.29) is 6.61 Å². The molecule has 2 aromatic heterocycles. The van der Waals surface area contributed by atoms with E-state index in [9.17, 15) is 10.1 Å². The van der Waals surface area contributed by atoms with Crippen molar-refractivity contribution in [3.05, 3.63) is 77.8 Å². The molecule has 0 spiro atoms. The van der Waals surface area contributed by atoms with E-state index in [0.29, 0.717) is 34.0 Å². The summed E-state index contributed by atoms with van der Waals surface area (Å²) in [4.78, 5) is 19.5. The van der Waals surface area contributed by atoms with Crippen LogP contribution < -0.4 is 0 Å². The number of hydrogen-bond acceptors (Lipinski definition) is 6. The van der Waals surface area contributed by atoms with Crippen LogP contribution >= 0.6 is 0 Å². The summed E-state index contributed by atoms with van der Waals surface area (Å²) < 4.78 is 10.7. The number of nitrogens with one attached hydrogen (secondary N) is 1. The molecule has 0 unspecified atom stereocenters. The second kappa shape index (κ2) is 8.17. The summed E-state index contributed by atoms with van der Waals surface area (Å²) in [7, 11) is 0. The average molecular weight is 394 g/mol. The molecule has 0 saturated carbocycles. The molecule has 7 nitrogen and oxygen atoms in total. The number of nitrogens with zero attached hydrogens (tertiary/aromatic N) is 3. The van der Waals surface area contributed by atoms with Gasteiger partial charge in [0.05, 0.1) is 22.2 Å². The van der Waals surface area contributed by atoms with E-state index >= 15 is 0 Å². The van der Waals surface area contributed by atoms with Gasteiger partial charge < -0.3 is 14.1 Å². The van der Waals surface area contributed by atoms with Crippen molar-refractivity contribution in [3.8, 4) is 23.5 Å². The number of para-hydroxylation sites is 2. The summed E-state index contributed by atoms with van der Waals surface area (Å²) in [5.41, 5.74) is 2.93. The Balaban J connectivity index is 1.61. The van der Waals surface area contributed by atoms with Crippen molar-refractivity contribution in [2.24, 2.45) is 0 Å². The van der Waals surface area contributed by atoms with Gasteiger partial charge in [-0.05, 0) is 36.4 Å². The average Bonchev–Trinajstić information content (AvgIpc) is 3.42. The predicted molar refractivity (Wildman–Crippen MR) is 110 cm³/mol. The highest BCUT2D eigenvalue weighted by atomic mass is 16.5. The Bertz CT molecular complexity index is 1320. The molecule has 1 N–H and O–H groups in total. The zero-order valence-electron chi connectivity index (χ0n) is 15.6. The molecule has 0 bridgehead atoms. The third-order valence-corrected chi connectivity index (χ3v) is 4.33. The van der Waals surface area contributed by atoms with Crippen LogP contribution in [0.4, 0.5) is 0 Å². The maximum absolute atomic E-state index is 11.9. The first-order chi connectivity index (χ1) is 14.7. The van der Waals surface area contributed by atoms with E-state index in [1.807, 2.05) is 24.3 Å². The van der Waals surface area contributed by atoms with Gasteiger partial charge in [-0.3, -0.25) is 0 Å². The lowest BCUT2D eigenvalue weighted by Gasteiger charge is -2.02. The normalized spacial score (nSPS) is 11.1. The molecule has 2 aromatic carbocycles. The minimum absolute atomic E-state index is 0.308. The van der Waals surface area contributed by atoms with E-state index in [4.69, 9.17) is 14.4 Å². The lowest BCUT2D eigenvalue weighted by atomic mass is 10.1.